The first-order valence-electron chi connectivity index (χ1n) is 8.76. The Bertz CT molecular complexity index is 753. The topological polar surface area (TPSA) is 12.0 Å². The number of allylic oxidation sites excluding steroid dienone is 1. The van der Waals surface area contributed by atoms with Crippen molar-refractivity contribution in [1.82, 2.24) is 5.32 Å². The van der Waals surface area contributed by atoms with Crippen LogP contribution in [0.4, 0.5) is 0 Å². The van der Waals surface area contributed by atoms with Gasteiger partial charge in [0, 0.05) is 12.2 Å². The van der Waals surface area contributed by atoms with Crippen LogP contribution in [-0.2, 0) is 13.0 Å². The molecule has 0 atom stereocenters. The second-order valence-corrected chi connectivity index (χ2v) is 6.46. The maximum Gasteiger partial charge on any atom is 0.0400 e. The smallest absolute Gasteiger partial charge is 0.0400 e. The van der Waals surface area contributed by atoms with Crippen LogP contribution in [0.5, 0.6) is 0 Å². The standard InChI is InChI=1S/C23H29N/c1-7-17(4)23-18(5)13-22(14-21(23)8-2)19(6)24-15-20-11-9-10-16(3)12-20/h9-14,24H,4,6-8,15H2,1-3,5H3. The van der Waals surface area contributed by atoms with Crippen LogP contribution in [0.1, 0.15) is 53.6 Å². The minimum absolute atomic E-state index is 0.796. The Morgan fingerprint density at radius 3 is 2.42 bits per heavy atom. The molecule has 0 unspecified atom stereocenters. The van der Waals surface area contributed by atoms with Gasteiger partial charge in [0.05, 0.1) is 0 Å². The lowest BCUT2D eigenvalue weighted by molar-refractivity contribution is 0.889. The molecule has 0 aliphatic carbocycles. The molecule has 0 aliphatic heterocycles. The van der Waals surface area contributed by atoms with Crippen molar-refractivity contribution in [1.29, 1.82) is 0 Å². The van der Waals surface area contributed by atoms with E-state index in [4.69, 9.17) is 0 Å². The SMILES string of the molecule is C=C(NCc1cccc(C)c1)c1cc(C)c(C(=C)CC)c(CC)c1. The third kappa shape index (κ3) is 4.17. The van der Waals surface area contributed by atoms with Gasteiger partial charge >= 0.3 is 0 Å². The molecule has 0 aromatic heterocycles. The van der Waals surface area contributed by atoms with E-state index in [1.54, 1.807) is 0 Å². The van der Waals surface area contributed by atoms with E-state index >= 15 is 0 Å². The molecule has 1 heteroatoms. The van der Waals surface area contributed by atoms with Crippen LogP contribution in [0.2, 0.25) is 0 Å². The van der Waals surface area contributed by atoms with Crippen molar-refractivity contribution in [3.63, 3.8) is 0 Å². The number of hydrogen-bond acceptors (Lipinski definition) is 1. The fourth-order valence-corrected chi connectivity index (χ4v) is 3.13. The van der Waals surface area contributed by atoms with E-state index in [1.165, 1.54) is 39.0 Å². The summed E-state index contributed by atoms with van der Waals surface area (Å²) in [6.07, 6.45) is 1.99. The molecular weight excluding hydrogens is 290 g/mol. The van der Waals surface area contributed by atoms with Gasteiger partial charge in [0.25, 0.3) is 0 Å². The number of benzene rings is 2. The predicted molar refractivity (Wildman–Crippen MR) is 107 cm³/mol. The fourth-order valence-electron chi connectivity index (χ4n) is 3.13. The molecule has 126 valence electrons. The Morgan fingerprint density at radius 1 is 1.04 bits per heavy atom. The Labute approximate surface area is 147 Å². The number of rotatable bonds is 7. The molecule has 0 saturated carbocycles. The van der Waals surface area contributed by atoms with Gasteiger partial charge in [-0.2, -0.15) is 0 Å². The molecule has 0 fully saturated rings. The van der Waals surface area contributed by atoms with Crippen LogP contribution in [0.25, 0.3) is 11.3 Å². The molecule has 1 N–H and O–H groups in total. The molecule has 0 aliphatic rings. The van der Waals surface area contributed by atoms with Crippen LogP contribution < -0.4 is 5.32 Å². The first-order valence-corrected chi connectivity index (χ1v) is 8.76. The van der Waals surface area contributed by atoms with Gasteiger partial charge in [-0.05, 0) is 72.2 Å². The second kappa shape index (κ2) is 8.01. The maximum absolute atomic E-state index is 4.24. The van der Waals surface area contributed by atoms with Crippen molar-refractivity contribution in [3.05, 3.63) is 82.9 Å². The average Bonchev–Trinajstić information content (AvgIpc) is 2.58. The molecule has 0 bridgehead atoms. The molecule has 2 aromatic carbocycles. The highest BCUT2D eigenvalue weighted by Crippen LogP contribution is 2.28. The van der Waals surface area contributed by atoms with Crippen molar-refractivity contribution in [3.8, 4) is 0 Å². The van der Waals surface area contributed by atoms with Crippen molar-refractivity contribution < 1.29 is 0 Å². The highest BCUT2D eigenvalue weighted by molar-refractivity contribution is 5.73. The number of nitrogens with one attached hydrogen (secondary N) is 1. The zero-order valence-corrected chi connectivity index (χ0v) is 15.5. The molecule has 2 rings (SSSR count). The molecule has 1 nitrogen and oxygen atoms in total. The van der Waals surface area contributed by atoms with Gasteiger partial charge in [-0.1, -0.05) is 56.8 Å². The van der Waals surface area contributed by atoms with Crippen molar-refractivity contribution in [2.75, 3.05) is 0 Å². The zero-order valence-electron chi connectivity index (χ0n) is 15.5. The van der Waals surface area contributed by atoms with E-state index in [9.17, 15) is 0 Å². The summed E-state index contributed by atoms with van der Waals surface area (Å²) >= 11 is 0. The monoisotopic (exact) mass is 319 g/mol. The summed E-state index contributed by atoms with van der Waals surface area (Å²) in [5, 5.41) is 3.47. The highest BCUT2D eigenvalue weighted by atomic mass is 14.9. The van der Waals surface area contributed by atoms with Crippen molar-refractivity contribution in [2.45, 2.75) is 47.1 Å². The lowest BCUT2D eigenvalue weighted by atomic mass is 9.90. The average molecular weight is 319 g/mol. The summed E-state index contributed by atoms with van der Waals surface area (Å²) < 4.78 is 0. The summed E-state index contributed by atoms with van der Waals surface area (Å²) in [5.41, 5.74) is 9.90. The Balaban J connectivity index is 2.20. The zero-order chi connectivity index (χ0) is 17.7. The fraction of sp³-hybridized carbons (Fsp3) is 0.304. The largest absolute Gasteiger partial charge is 0.381 e. The molecular formula is C23H29N. The molecule has 0 saturated heterocycles. The minimum Gasteiger partial charge on any atom is -0.381 e. The molecule has 0 radical (unpaired) electrons. The van der Waals surface area contributed by atoms with Gasteiger partial charge in [-0.15, -0.1) is 0 Å². The first kappa shape index (κ1) is 18.1. The Morgan fingerprint density at radius 2 is 1.79 bits per heavy atom. The van der Waals surface area contributed by atoms with E-state index < -0.39 is 0 Å². The molecule has 24 heavy (non-hydrogen) atoms. The van der Waals surface area contributed by atoms with E-state index in [2.05, 4.69) is 82.6 Å². The van der Waals surface area contributed by atoms with E-state index in [0.29, 0.717) is 0 Å². The third-order valence-corrected chi connectivity index (χ3v) is 4.52. The van der Waals surface area contributed by atoms with Crippen LogP contribution in [0.3, 0.4) is 0 Å². The normalized spacial score (nSPS) is 10.5. The lowest BCUT2D eigenvalue weighted by Crippen LogP contribution is -2.12. The van der Waals surface area contributed by atoms with Crippen LogP contribution in [-0.4, -0.2) is 0 Å². The summed E-state index contributed by atoms with van der Waals surface area (Å²) in [5.74, 6) is 0. The highest BCUT2D eigenvalue weighted by Gasteiger charge is 2.11. The minimum atomic E-state index is 0.796. The maximum atomic E-state index is 4.24. The van der Waals surface area contributed by atoms with E-state index in [-0.39, 0.29) is 0 Å². The molecule has 0 spiro atoms. The Hall–Kier alpha value is -2.28. The lowest BCUT2D eigenvalue weighted by Gasteiger charge is -2.17. The van der Waals surface area contributed by atoms with Gasteiger partial charge in [-0.3, -0.25) is 0 Å². The number of aryl methyl sites for hydroxylation is 3. The summed E-state index contributed by atoms with van der Waals surface area (Å²) in [4.78, 5) is 0. The van der Waals surface area contributed by atoms with Gasteiger partial charge in [0.15, 0.2) is 0 Å². The van der Waals surface area contributed by atoms with Crippen LogP contribution >= 0.6 is 0 Å². The molecule has 2 aromatic rings. The third-order valence-electron chi connectivity index (χ3n) is 4.52. The molecule has 0 amide bonds. The summed E-state index contributed by atoms with van der Waals surface area (Å²) in [7, 11) is 0. The van der Waals surface area contributed by atoms with Crippen molar-refractivity contribution >= 4 is 11.3 Å². The van der Waals surface area contributed by atoms with Gasteiger partial charge < -0.3 is 5.32 Å². The van der Waals surface area contributed by atoms with Gasteiger partial charge in [0.2, 0.25) is 0 Å². The first-order chi connectivity index (χ1) is 11.5. The van der Waals surface area contributed by atoms with Gasteiger partial charge in [-0.25, -0.2) is 0 Å². The number of hydrogen-bond donors (Lipinski definition) is 1. The van der Waals surface area contributed by atoms with Crippen LogP contribution in [0.15, 0.2) is 49.6 Å². The predicted octanol–water partition coefficient (Wildman–Crippen LogP) is 6.05. The summed E-state index contributed by atoms with van der Waals surface area (Å²) in [6, 6.07) is 13.0. The van der Waals surface area contributed by atoms with Gasteiger partial charge in [0.1, 0.15) is 0 Å². The van der Waals surface area contributed by atoms with Crippen molar-refractivity contribution in [2.24, 2.45) is 0 Å². The van der Waals surface area contributed by atoms with E-state index in [1.807, 2.05) is 0 Å². The summed E-state index contributed by atoms with van der Waals surface area (Å²) in [6.45, 7) is 17.9. The Kier molecular flexibility index (Phi) is 6.03. The quantitative estimate of drug-likeness (QED) is 0.655. The van der Waals surface area contributed by atoms with E-state index in [0.717, 1.165) is 25.1 Å². The second-order valence-electron chi connectivity index (χ2n) is 6.46. The van der Waals surface area contributed by atoms with Crippen LogP contribution in [0, 0.1) is 13.8 Å². The molecule has 0 heterocycles.